The van der Waals surface area contributed by atoms with Gasteiger partial charge in [-0.2, -0.15) is 0 Å². The summed E-state index contributed by atoms with van der Waals surface area (Å²) in [6.07, 6.45) is 1.11. The number of anilines is 1. The number of amides is 1. The smallest absolute Gasteiger partial charge is 0.262 e. The van der Waals surface area contributed by atoms with E-state index in [0.29, 0.717) is 5.92 Å². The highest BCUT2D eigenvalue weighted by molar-refractivity contribution is 5.91. The molecule has 122 valence electrons. The lowest BCUT2D eigenvalue weighted by Gasteiger charge is -2.11. The van der Waals surface area contributed by atoms with E-state index in [2.05, 4.69) is 38.2 Å². The molecule has 23 heavy (non-hydrogen) atoms. The van der Waals surface area contributed by atoms with Gasteiger partial charge in [0, 0.05) is 5.69 Å². The number of aryl methyl sites for hydroxylation is 2. The average Bonchev–Trinajstić information content (AvgIpc) is 2.56. The van der Waals surface area contributed by atoms with E-state index in [4.69, 9.17) is 4.74 Å². The zero-order valence-electron chi connectivity index (χ0n) is 14.3. The molecule has 2 rings (SSSR count). The van der Waals surface area contributed by atoms with Crippen LogP contribution in [0.5, 0.6) is 5.75 Å². The number of hydrogen-bond acceptors (Lipinski definition) is 2. The van der Waals surface area contributed by atoms with Crippen molar-refractivity contribution in [3.05, 3.63) is 59.2 Å². The summed E-state index contributed by atoms with van der Waals surface area (Å²) in [7, 11) is 0. The van der Waals surface area contributed by atoms with Crippen LogP contribution in [0.15, 0.2) is 42.5 Å². The molecular weight excluding hydrogens is 286 g/mol. The van der Waals surface area contributed by atoms with Gasteiger partial charge in [-0.1, -0.05) is 32.0 Å². The van der Waals surface area contributed by atoms with Crippen molar-refractivity contribution in [3.8, 4) is 5.75 Å². The number of rotatable bonds is 6. The number of hydrogen-bond donors (Lipinski definition) is 1. The zero-order chi connectivity index (χ0) is 16.8. The van der Waals surface area contributed by atoms with Crippen molar-refractivity contribution in [2.75, 3.05) is 11.9 Å². The Hall–Kier alpha value is -2.29. The molecule has 0 heterocycles. The van der Waals surface area contributed by atoms with Gasteiger partial charge in [-0.05, 0) is 67.1 Å². The van der Waals surface area contributed by atoms with E-state index >= 15 is 0 Å². The molecule has 0 saturated carbocycles. The predicted molar refractivity (Wildman–Crippen MR) is 95.2 cm³/mol. The highest BCUT2D eigenvalue weighted by Crippen LogP contribution is 2.20. The first-order valence-electron chi connectivity index (χ1n) is 8.09. The van der Waals surface area contributed by atoms with Gasteiger partial charge in [0.05, 0.1) is 0 Å². The Kier molecular flexibility index (Phi) is 5.80. The molecule has 3 nitrogen and oxygen atoms in total. The largest absolute Gasteiger partial charge is 0.484 e. The number of carbonyl (C=O) groups is 1. The van der Waals surface area contributed by atoms with Crippen LogP contribution in [-0.2, 0) is 4.79 Å². The lowest BCUT2D eigenvalue weighted by atomic mass is 9.99. The average molecular weight is 311 g/mol. The Bertz CT molecular complexity index is 662. The molecule has 1 N–H and O–H groups in total. The summed E-state index contributed by atoms with van der Waals surface area (Å²) in [6.45, 7) is 8.46. The first kappa shape index (κ1) is 17.1. The predicted octanol–water partition coefficient (Wildman–Crippen LogP) is 4.83. The van der Waals surface area contributed by atoms with Gasteiger partial charge in [0.2, 0.25) is 0 Å². The molecule has 2 aromatic rings. The molecule has 1 unspecified atom stereocenters. The quantitative estimate of drug-likeness (QED) is 0.829. The molecule has 0 aromatic heterocycles. The second-order valence-corrected chi connectivity index (χ2v) is 6.01. The lowest BCUT2D eigenvalue weighted by molar-refractivity contribution is -0.118. The normalized spacial score (nSPS) is 11.8. The van der Waals surface area contributed by atoms with Crippen molar-refractivity contribution in [1.82, 2.24) is 0 Å². The fourth-order valence-corrected chi connectivity index (χ4v) is 2.28. The second-order valence-electron chi connectivity index (χ2n) is 6.01. The molecule has 3 heteroatoms. The van der Waals surface area contributed by atoms with Crippen molar-refractivity contribution >= 4 is 11.6 Å². The van der Waals surface area contributed by atoms with Crippen molar-refractivity contribution in [3.63, 3.8) is 0 Å². The molecule has 0 aliphatic carbocycles. The van der Waals surface area contributed by atoms with Crippen LogP contribution in [0, 0.1) is 13.8 Å². The molecule has 0 aliphatic rings. The van der Waals surface area contributed by atoms with Crippen molar-refractivity contribution in [2.24, 2.45) is 0 Å². The first-order valence-corrected chi connectivity index (χ1v) is 8.09. The van der Waals surface area contributed by atoms with Gasteiger partial charge in [0.15, 0.2) is 6.61 Å². The van der Waals surface area contributed by atoms with Crippen LogP contribution >= 0.6 is 0 Å². The molecule has 0 aliphatic heterocycles. The standard InChI is InChI=1S/C20H25NO2/c1-5-14(2)17-7-9-18(10-8-17)21-20(22)13-23-19-11-6-15(3)16(4)12-19/h6-12,14H,5,13H2,1-4H3,(H,21,22). The molecular formula is C20H25NO2. The Balaban J connectivity index is 1.88. The highest BCUT2D eigenvalue weighted by Gasteiger charge is 2.06. The number of carbonyl (C=O) groups excluding carboxylic acids is 1. The maximum absolute atomic E-state index is 12.0. The highest BCUT2D eigenvalue weighted by atomic mass is 16.5. The van der Waals surface area contributed by atoms with Crippen LogP contribution < -0.4 is 10.1 Å². The monoisotopic (exact) mass is 311 g/mol. The Labute approximate surface area is 138 Å². The lowest BCUT2D eigenvalue weighted by Crippen LogP contribution is -2.20. The van der Waals surface area contributed by atoms with Crippen LogP contribution in [0.1, 0.15) is 42.9 Å². The van der Waals surface area contributed by atoms with Gasteiger partial charge in [-0.15, -0.1) is 0 Å². The van der Waals surface area contributed by atoms with Crippen molar-refractivity contribution in [1.29, 1.82) is 0 Å². The molecule has 0 saturated heterocycles. The van der Waals surface area contributed by atoms with Crippen molar-refractivity contribution < 1.29 is 9.53 Å². The second kappa shape index (κ2) is 7.82. The van der Waals surface area contributed by atoms with Gasteiger partial charge in [-0.3, -0.25) is 4.79 Å². The van der Waals surface area contributed by atoms with Gasteiger partial charge >= 0.3 is 0 Å². The van der Waals surface area contributed by atoms with Crippen LogP contribution in [0.25, 0.3) is 0 Å². The molecule has 0 bridgehead atoms. The summed E-state index contributed by atoms with van der Waals surface area (Å²) in [4.78, 5) is 12.0. The minimum atomic E-state index is -0.153. The summed E-state index contributed by atoms with van der Waals surface area (Å²) in [5.41, 5.74) is 4.45. The van der Waals surface area contributed by atoms with E-state index in [1.807, 2.05) is 37.3 Å². The van der Waals surface area contributed by atoms with E-state index in [-0.39, 0.29) is 12.5 Å². The molecule has 2 aromatic carbocycles. The molecule has 1 amide bonds. The Morgan fingerprint density at radius 3 is 2.39 bits per heavy atom. The summed E-state index contributed by atoms with van der Waals surface area (Å²) >= 11 is 0. The zero-order valence-corrected chi connectivity index (χ0v) is 14.3. The van der Waals surface area contributed by atoms with Gasteiger partial charge in [0.25, 0.3) is 5.91 Å². The minimum Gasteiger partial charge on any atom is -0.484 e. The van der Waals surface area contributed by atoms with Crippen LogP contribution in [0.2, 0.25) is 0 Å². The molecule has 0 fully saturated rings. The van der Waals surface area contributed by atoms with E-state index in [1.165, 1.54) is 11.1 Å². The van der Waals surface area contributed by atoms with Crippen LogP contribution in [0.3, 0.4) is 0 Å². The van der Waals surface area contributed by atoms with E-state index < -0.39 is 0 Å². The SMILES string of the molecule is CCC(C)c1ccc(NC(=O)COc2ccc(C)c(C)c2)cc1. The number of ether oxygens (including phenoxy) is 1. The molecule has 1 atom stereocenters. The molecule has 0 spiro atoms. The number of benzene rings is 2. The molecule has 0 radical (unpaired) electrons. The van der Waals surface area contributed by atoms with Crippen LogP contribution in [-0.4, -0.2) is 12.5 Å². The van der Waals surface area contributed by atoms with Crippen LogP contribution in [0.4, 0.5) is 5.69 Å². The van der Waals surface area contributed by atoms with Gasteiger partial charge in [0.1, 0.15) is 5.75 Å². The summed E-state index contributed by atoms with van der Waals surface area (Å²) in [5.74, 6) is 1.10. The van der Waals surface area contributed by atoms with E-state index in [9.17, 15) is 4.79 Å². The maximum atomic E-state index is 12.0. The summed E-state index contributed by atoms with van der Waals surface area (Å²) < 4.78 is 5.54. The van der Waals surface area contributed by atoms with Gasteiger partial charge in [-0.25, -0.2) is 0 Å². The summed E-state index contributed by atoms with van der Waals surface area (Å²) in [6, 6.07) is 13.8. The minimum absolute atomic E-state index is 0.00954. The van der Waals surface area contributed by atoms with E-state index in [0.717, 1.165) is 23.4 Å². The third-order valence-corrected chi connectivity index (χ3v) is 4.22. The van der Waals surface area contributed by atoms with E-state index in [1.54, 1.807) is 0 Å². The van der Waals surface area contributed by atoms with Gasteiger partial charge < -0.3 is 10.1 Å². The Morgan fingerprint density at radius 1 is 1.09 bits per heavy atom. The fourth-order valence-electron chi connectivity index (χ4n) is 2.28. The fraction of sp³-hybridized carbons (Fsp3) is 0.350. The summed E-state index contributed by atoms with van der Waals surface area (Å²) in [5, 5.41) is 2.86. The third kappa shape index (κ3) is 4.85. The Morgan fingerprint density at radius 2 is 1.78 bits per heavy atom. The maximum Gasteiger partial charge on any atom is 0.262 e. The number of nitrogens with one attached hydrogen (secondary N) is 1. The topological polar surface area (TPSA) is 38.3 Å². The van der Waals surface area contributed by atoms with Crippen molar-refractivity contribution in [2.45, 2.75) is 40.0 Å². The third-order valence-electron chi connectivity index (χ3n) is 4.22. The first-order chi connectivity index (χ1) is 11.0.